The summed E-state index contributed by atoms with van der Waals surface area (Å²) in [6, 6.07) is 3.30. The van der Waals surface area contributed by atoms with Crippen LogP contribution in [0.3, 0.4) is 0 Å². The number of fused-ring (bicyclic) bond motifs is 1. The molecule has 0 saturated carbocycles. The lowest BCUT2D eigenvalue weighted by Gasteiger charge is -2.13. The summed E-state index contributed by atoms with van der Waals surface area (Å²) in [5.41, 5.74) is 0.849. The van der Waals surface area contributed by atoms with Gasteiger partial charge < -0.3 is 5.11 Å². The molecule has 0 aliphatic heterocycles. The summed E-state index contributed by atoms with van der Waals surface area (Å²) in [6.07, 6.45) is -0.530. The van der Waals surface area contributed by atoms with Crippen molar-refractivity contribution in [3.8, 4) is 0 Å². The predicted octanol–water partition coefficient (Wildman–Crippen LogP) is 3.37. The van der Waals surface area contributed by atoms with Crippen molar-refractivity contribution in [2.45, 2.75) is 37.0 Å². The first kappa shape index (κ1) is 14.2. The molecule has 0 saturated heterocycles. The van der Waals surface area contributed by atoms with E-state index < -0.39 is 6.10 Å². The monoisotopic (exact) mass is 298 g/mol. The van der Waals surface area contributed by atoms with Crippen LogP contribution < -0.4 is 0 Å². The van der Waals surface area contributed by atoms with Gasteiger partial charge in [-0.2, -0.15) is 0 Å². The van der Waals surface area contributed by atoms with E-state index in [2.05, 4.69) is 4.98 Å². The van der Waals surface area contributed by atoms with Crippen molar-refractivity contribution in [3.05, 3.63) is 27.3 Å². The van der Waals surface area contributed by atoms with Crippen LogP contribution in [0.15, 0.2) is 17.0 Å². The van der Waals surface area contributed by atoms with Crippen molar-refractivity contribution in [2.75, 3.05) is 0 Å². The van der Waals surface area contributed by atoms with Crippen molar-refractivity contribution in [2.24, 2.45) is 0 Å². The van der Waals surface area contributed by atoms with Gasteiger partial charge in [-0.1, -0.05) is 6.92 Å². The van der Waals surface area contributed by atoms with Crippen LogP contribution >= 0.6 is 23.1 Å². The fourth-order valence-electron chi connectivity index (χ4n) is 1.59. The minimum Gasteiger partial charge on any atom is -0.392 e. The molecule has 5 nitrogen and oxygen atoms in total. The molecule has 102 valence electrons. The zero-order valence-corrected chi connectivity index (χ0v) is 12.4. The summed E-state index contributed by atoms with van der Waals surface area (Å²) in [7, 11) is 0. The summed E-state index contributed by atoms with van der Waals surface area (Å²) >= 11 is 2.75. The third-order valence-electron chi connectivity index (χ3n) is 2.76. The van der Waals surface area contributed by atoms with E-state index in [4.69, 9.17) is 0 Å². The lowest BCUT2D eigenvalue weighted by molar-refractivity contribution is -0.387. The molecule has 0 fully saturated rings. The molecule has 19 heavy (non-hydrogen) atoms. The summed E-state index contributed by atoms with van der Waals surface area (Å²) < 4.78 is 0.818. The van der Waals surface area contributed by atoms with E-state index in [0.717, 1.165) is 15.2 Å². The second-order valence-corrected chi connectivity index (χ2v) is 7.00. The van der Waals surface area contributed by atoms with Gasteiger partial charge in [-0.05, 0) is 19.9 Å². The number of nitro groups is 1. The highest BCUT2D eigenvalue weighted by Gasteiger charge is 2.21. The molecule has 0 aliphatic rings. The maximum Gasteiger partial charge on any atom is 0.284 e. The molecule has 2 unspecified atom stereocenters. The molecule has 0 radical (unpaired) electrons. The van der Waals surface area contributed by atoms with Gasteiger partial charge in [0.15, 0.2) is 0 Å². The van der Waals surface area contributed by atoms with Crippen molar-refractivity contribution in [1.82, 2.24) is 4.98 Å². The standard InChI is InChI=1S/C12H14N2O3S2/c1-6(15)7(2)18-12-4-9-11(19-8(3)13-9)5-10(12)14(16)17/h4-7,15H,1-3H3. The highest BCUT2D eigenvalue weighted by molar-refractivity contribution is 8.00. The number of benzene rings is 1. The SMILES string of the molecule is Cc1nc2cc(SC(C)C(C)O)c([N+](=O)[O-])cc2s1. The zero-order chi connectivity index (χ0) is 14.2. The normalized spacial score (nSPS) is 14.5. The van der Waals surface area contributed by atoms with Crippen LogP contribution in [0.2, 0.25) is 0 Å². The van der Waals surface area contributed by atoms with Gasteiger partial charge in [0.05, 0.1) is 31.1 Å². The molecular formula is C12H14N2O3S2. The largest absolute Gasteiger partial charge is 0.392 e. The predicted molar refractivity (Wildman–Crippen MR) is 78.0 cm³/mol. The van der Waals surface area contributed by atoms with Crippen LogP contribution in [0, 0.1) is 17.0 Å². The topological polar surface area (TPSA) is 76.3 Å². The maximum atomic E-state index is 11.1. The number of hydrogen-bond donors (Lipinski definition) is 1. The van der Waals surface area contributed by atoms with Gasteiger partial charge in [-0.15, -0.1) is 23.1 Å². The van der Waals surface area contributed by atoms with Gasteiger partial charge in [0.25, 0.3) is 5.69 Å². The third kappa shape index (κ3) is 3.05. The van der Waals surface area contributed by atoms with E-state index in [1.54, 1.807) is 19.1 Å². The molecule has 1 N–H and O–H groups in total. The van der Waals surface area contributed by atoms with Crippen molar-refractivity contribution in [3.63, 3.8) is 0 Å². The van der Waals surface area contributed by atoms with E-state index in [0.29, 0.717) is 4.90 Å². The van der Waals surface area contributed by atoms with Gasteiger partial charge in [-0.3, -0.25) is 10.1 Å². The Morgan fingerprint density at radius 3 is 2.74 bits per heavy atom. The van der Waals surface area contributed by atoms with Crippen LogP contribution in [0.25, 0.3) is 10.2 Å². The second kappa shape index (κ2) is 5.44. The minimum absolute atomic E-state index is 0.0775. The van der Waals surface area contributed by atoms with Crippen LogP contribution in [0.1, 0.15) is 18.9 Å². The summed E-state index contributed by atoms with van der Waals surface area (Å²) in [5, 5.41) is 21.4. The smallest absolute Gasteiger partial charge is 0.284 e. The van der Waals surface area contributed by atoms with Gasteiger partial charge in [0.2, 0.25) is 0 Å². The first-order chi connectivity index (χ1) is 8.88. The van der Waals surface area contributed by atoms with Crippen molar-refractivity contribution < 1.29 is 10.0 Å². The average molecular weight is 298 g/mol. The molecule has 2 atom stereocenters. The molecule has 0 amide bonds. The Bertz CT molecular complexity index is 625. The van der Waals surface area contributed by atoms with Crippen molar-refractivity contribution >= 4 is 39.0 Å². The number of aromatic nitrogens is 1. The fourth-order valence-corrected chi connectivity index (χ4v) is 3.47. The second-order valence-electron chi connectivity index (χ2n) is 4.34. The molecule has 1 aromatic carbocycles. The lowest BCUT2D eigenvalue weighted by Crippen LogP contribution is -2.15. The molecule has 0 bridgehead atoms. The van der Waals surface area contributed by atoms with E-state index in [9.17, 15) is 15.2 Å². The summed E-state index contributed by atoms with van der Waals surface area (Å²) in [5.74, 6) is 0. The molecule has 0 spiro atoms. The Kier molecular flexibility index (Phi) is 4.07. The molecule has 2 aromatic rings. The van der Waals surface area contributed by atoms with Crippen LogP contribution in [0.5, 0.6) is 0 Å². The van der Waals surface area contributed by atoms with E-state index in [1.807, 2.05) is 13.8 Å². The quantitative estimate of drug-likeness (QED) is 0.532. The Morgan fingerprint density at radius 2 is 2.16 bits per heavy atom. The lowest BCUT2D eigenvalue weighted by atomic mass is 10.3. The number of nitrogens with zero attached hydrogens (tertiary/aromatic N) is 2. The van der Waals surface area contributed by atoms with E-state index in [-0.39, 0.29) is 15.9 Å². The number of thioether (sulfide) groups is 1. The number of aliphatic hydroxyl groups excluding tert-OH is 1. The van der Waals surface area contributed by atoms with Crippen LogP contribution in [-0.2, 0) is 0 Å². The Hall–Kier alpha value is -1.18. The first-order valence-electron chi connectivity index (χ1n) is 5.78. The Balaban J connectivity index is 2.50. The fraction of sp³-hybridized carbons (Fsp3) is 0.417. The van der Waals surface area contributed by atoms with E-state index in [1.165, 1.54) is 23.1 Å². The Morgan fingerprint density at radius 1 is 1.47 bits per heavy atom. The molecule has 7 heteroatoms. The number of aliphatic hydroxyl groups is 1. The van der Waals surface area contributed by atoms with E-state index >= 15 is 0 Å². The molecule has 2 rings (SSSR count). The zero-order valence-electron chi connectivity index (χ0n) is 10.8. The third-order valence-corrected chi connectivity index (χ3v) is 5.05. The van der Waals surface area contributed by atoms with Gasteiger partial charge in [0, 0.05) is 11.3 Å². The molecule has 0 aliphatic carbocycles. The van der Waals surface area contributed by atoms with Crippen molar-refractivity contribution in [1.29, 1.82) is 0 Å². The number of hydrogen-bond acceptors (Lipinski definition) is 6. The number of rotatable bonds is 4. The first-order valence-corrected chi connectivity index (χ1v) is 7.48. The van der Waals surface area contributed by atoms with Crippen LogP contribution in [0.4, 0.5) is 5.69 Å². The molecule has 1 heterocycles. The summed E-state index contributed by atoms with van der Waals surface area (Å²) in [4.78, 5) is 15.7. The van der Waals surface area contributed by atoms with Gasteiger partial charge in [0.1, 0.15) is 0 Å². The minimum atomic E-state index is -0.530. The molecule has 1 aromatic heterocycles. The Labute approximate surface area is 118 Å². The van der Waals surface area contributed by atoms with Gasteiger partial charge >= 0.3 is 0 Å². The maximum absolute atomic E-state index is 11.1. The average Bonchev–Trinajstić information content (AvgIpc) is 2.66. The van der Waals surface area contributed by atoms with Gasteiger partial charge in [-0.25, -0.2) is 4.98 Å². The summed E-state index contributed by atoms with van der Waals surface area (Å²) in [6.45, 7) is 5.40. The number of nitro benzene ring substituents is 1. The highest BCUT2D eigenvalue weighted by atomic mass is 32.2. The van der Waals surface area contributed by atoms with Crippen LogP contribution in [-0.4, -0.2) is 26.4 Å². The highest BCUT2D eigenvalue weighted by Crippen LogP contribution is 2.37. The molecular weight excluding hydrogens is 284 g/mol. The number of aryl methyl sites for hydroxylation is 1. The number of thiazole rings is 1.